The minimum absolute atomic E-state index is 0.0341. The quantitative estimate of drug-likeness (QED) is 0.201. The van der Waals surface area contributed by atoms with E-state index in [9.17, 15) is 14.7 Å². The van der Waals surface area contributed by atoms with E-state index >= 15 is 0 Å². The van der Waals surface area contributed by atoms with E-state index in [2.05, 4.69) is 22.3 Å². The van der Waals surface area contributed by atoms with E-state index < -0.39 is 0 Å². The van der Waals surface area contributed by atoms with Gasteiger partial charge in [-0.15, -0.1) is 0 Å². The SMILES string of the molecule is CC(C)Oc1ccc(C(=O)N[C@@H](Cc2ccc(-c3cn4cccc(CCO)c4n3)cc2)CN2CCCC2CC(N)=O)cc1Cl. The Hall–Kier alpha value is -3.92. The zero-order valence-electron chi connectivity index (χ0n) is 25.2. The lowest BCUT2D eigenvalue weighted by atomic mass is 10.0. The van der Waals surface area contributed by atoms with Crippen molar-refractivity contribution in [2.45, 2.75) is 64.1 Å². The van der Waals surface area contributed by atoms with E-state index in [4.69, 9.17) is 27.1 Å². The first kappa shape index (κ1) is 31.5. The van der Waals surface area contributed by atoms with Crippen molar-refractivity contribution in [1.82, 2.24) is 19.6 Å². The Morgan fingerprint density at radius 1 is 1.18 bits per heavy atom. The number of aliphatic hydroxyl groups excluding tert-OH is 1. The normalized spacial score (nSPS) is 16.0. The fraction of sp³-hybridized carbons (Fsp3) is 0.382. The van der Waals surface area contributed by atoms with E-state index in [0.29, 0.717) is 42.1 Å². The molecule has 4 aromatic rings. The second-order valence-corrected chi connectivity index (χ2v) is 12.1. The number of imidazole rings is 1. The summed E-state index contributed by atoms with van der Waals surface area (Å²) in [6, 6.07) is 17.1. The van der Waals surface area contributed by atoms with E-state index in [1.807, 2.05) is 54.9 Å². The Balaban J connectivity index is 1.34. The van der Waals surface area contributed by atoms with Crippen molar-refractivity contribution in [2.24, 2.45) is 5.73 Å². The number of fused-ring (bicyclic) bond motifs is 1. The molecule has 1 aliphatic rings. The van der Waals surface area contributed by atoms with Crippen LogP contribution in [0.2, 0.25) is 5.02 Å². The Morgan fingerprint density at radius 3 is 2.68 bits per heavy atom. The highest BCUT2D eigenvalue weighted by molar-refractivity contribution is 6.32. The summed E-state index contributed by atoms with van der Waals surface area (Å²) in [7, 11) is 0. The number of nitrogens with one attached hydrogen (secondary N) is 1. The van der Waals surface area contributed by atoms with Gasteiger partial charge in [-0.1, -0.05) is 41.9 Å². The molecule has 2 atom stereocenters. The molecule has 0 aliphatic carbocycles. The number of nitrogens with two attached hydrogens (primary N) is 1. The molecule has 9 nitrogen and oxygen atoms in total. The van der Waals surface area contributed by atoms with Crippen LogP contribution in [-0.4, -0.2) is 69.1 Å². The largest absolute Gasteiger partial charge is 0.489 e. The lowest BCUT2D eigenvalue weighted by Crippen LogP contribution is -2.47. The van der Waals surface area contributed by atoms with Gasteiger partial charge in [0.15, 0.2) is 0 Å². The molecule has 0 radical (unpaired) electrons. The fourth-order valence-electron chi connectivity index (χ4n) is 5.93. The summed E-state index contributed by atoms with van der Waals surface area (Å²) in [4.78, 5) is 32.2. The third-order valence-corrected chi connectivity index (χ3v) is 8.25. The summed E-state index contributed by atoms with van der Waals surface area (Å²) in [6.07, 6.45) is 7.25. The number of benzene rings is 2. The van der Waals surface area contributed by atoms with Gasteiger partial charge in [-0.05, 0) is 81.5 Å². The van der Waals surface area contributed by atoms with Crippen molar-refractivity contribution < 1.29 is 19.4 Å². The number of aromatic nitrogens is 2. The first-order chi connectivity index (χ1) is 21.2. The molecule has 0 saturated carbocycles. The van der Waals surface area contributed by atoms with Crippen LogP contribution in [0.1, 0.15) is 54.6 Å². The highest BCUT2D eigenvalue weighted by atomic mass is 35.5. The van der Waals surface area contributed by atoms with Crippen molar-refractivity contribution in [2.75, 3.05) is 19.7 Å². The zero-order valence-corrected chi connectivity index (χ0v) is 26.0. The van der Waals surface area contributed by atoms with E-state index in [-0.39, 0.29) is 36.6 Å². The number of amides is 2. The lowest BCUT2D eigenvalue weighted by molar-refractivity contribution is -0.119. The fourth-order valence-corrected chi connectivity index (χ4v) is 6.15. The number of ether oxygens (including phenoxy) is 1. The second-order valence-electron chi connectivity index (χ2n) is 11.7. The number of rotatable bonds is 13. The Bertz CT molecular complexity index is 1600. The van der Waals surface area contributed by atoms with Gasteiger partial charge in [0, 0.05) is 55.2 Å². The molecule has 1 fully saturated rings. The maximum Gasteiger partial charge on any atom is 0.251 e. The Kier molecular flexibility index (Phi) is 10.2. The van der Waals surface area contributed by atoms with Crippen LogP contribution in [0.4, 0.5) is 0 Å². The van der Waals surface area contributed by atoms with Crippen LogP contribution >= 0.6 is 11.6 Å². The van der Waals surface area contributed by atoms with Crippen LogP contribution in [-0.2, 0) is 17.6 Å². The zero-order chi connectivity index (χ0) is 31.2. The number of hydrogen-bond acceptors (Lipinski definition) is 6. The highest BCUT2D eigenvalue weighted by Gasteiger charge is 2.29. The van der Waals surface area contributed by atoms with Crippen molar-refractivity contribution in [3.63, 3.8) is 0 Å². The number of hydrogen-bond donors (Lipinski definition) is 3. The number of aliphatic hydroxyl groups is 1. The summed E-state index contributed by atoms with van der Waals surface area (Å²) in [5.74, 6) is 0.00180. The van der Waals surface area contributed by atoms with Crippen LogP contribution < -0.4 is 15.8 Å². The average molecular weight is 618 g/mol. The molecule has 1 unspecified atom stereocenters. The van der Waals surface area contributed by atoms with Crippen LogP contribution in [0.25, 0.3) is 16.9 Å². The standard InChI is InChI=1S/C34H40ClN5O4/c1-22(2)44-31-12-11-26(18-29(31)35)34(43)37-27(20-39-14-4-6-28(39)19-32(36)42)17-23-7-9-24(10-8-23)30-21-40-15-3-5-25(13-16-41)33(40)38-30/h3,5,7-12,15,18,21-22,27-28,41H,4,6,13-14,16-17,19-20H2,1-2H3,(H2,36,42)(H,37,43)/t27-,28?/m0/s1. The molecule has 2 aromatic carbocycles. The smallest absolute Gasteiger partial charge is 0.251 e. The third kappa shape index (κ3) is 7.77. The van der Waals surface area contributed by atoms with Crippen molar-refractivity contribution in [3.8, 4) is 17.0 Å². The average Bonchev–Trinajstić information content (AvgIpc) is 3.61. The highest BCUT2D eigenvalue weighted by Crippen LogP contribution is 2.27. The van der Waals surface area contributed by atoms with E-state index in [1.165, 1.54) is 0 Å². The predicted molar refractivity (Wildman–Crippen MR) is 172 cm³/mol. The number of halogens is 1. The molecule has 2 aromatic heterocycles. The van der Waals surface area contributed by atoms with Gasteiger partial charge in [0.05, 0.1) is 16.8 Å². The number of likely N-dealkylation sites (tertiary alicyclic amines) is 1. The van der Waals surface area contributed by atoms with E-state index in [1.54, 1.807) is 18.2 Å². The first-order valence-corrected chi connectivity index (χ1v) is 15.5. The Morgan fingerprint density at radius 2 is 1.98 bits per heavy atom. The maximum atomic E-state index is 13.4. The van der Waals surface area contributed by atoms with Crippen molar-refractivity contribution >= 4 is 29.1 Å². The van der Waals surface area contributed by atoms with Crippen LogP contribution in [0, 0.1) is 0 Å². The topological polar surface area (TPSA) is 122 Å². The molecular formula is C34H40ClN5O4. The van der Waals surface area contributed by atoms with Gasteiger partial charge in [-0.25, -0.2) is 4.98 Å². The number of primary amides is 1. The third-order valence-electron chi connectivity index (χ3n) is 7.96. The van der Waals surface area contributed by atoms with Gasteiger partial charge < -0.3 is 25.3 Å². The van der Waals surface area contributed by atoms with Crippen LogP contribution in [0.5, 0.6) is 5.75 Å². The first-order valence-electron chi connectivity index (χ1n) is 15.2. The van der Waals surface area contributed by atoms with Crippen molar-refractivity contribution in [1.29, 1.82) is 0 Å². The summed E-state index contributed by atoms with van der Waals surface area (Å²) in [6.45, 7) is 5.35. The Labute approximate surface area is 263 Å². The predicted octanol–water partition coefficient (Wildman–Crippen LogP) is 4.66. The van der Waals surface area contributed by atoms with Crippen molar-refractivity contribution in [3.05, 3.63) is 88.7 Å². The molecule has 0 spiro atoms. The molecule has 0 bridgehead atoms. The number of nitrogens with zero attached hydrogens (tertiary/aromatic N) is 3. The minimum atomic E-state index is -0.313. The molecule has 3 heterocycles. The molecule has 4 N–H and O–H groups in total. The number of pyridine rings is 1. The van der Waals surface area contributed by atoms with Gasteiger partial charge in [0.2, 0.25) is 5.91 Å². The van der Waals surface area contributed by atoms with Gasteiger partial charge in [-0.2, -0.15) is 0 Å². The molecule has 1 saturated heterocycles. The monoisotopic (exact) mass is 617 g/mol. The molecule has 2 amide bonds. The van der Waals surface area contributed by atoms with Gasteiger partial charge in [-0.3, -0.25) is 14.5 Å². The summed E-state index contributed by atoms with van der Waals surface area (Å²) in [5.41, 5.74) is 10.7. The molecule has 10 heteroatoms. The molecular weight excluding hydrogens is 578 g/mol. The lowest BCUT2D eigenvalue weighted by Gasteiger charge is -2.29. The summed E-state index contributed by atoms with van der Waals surface area (Å²) < 4.78 is 7.70. The number of carbonyl (C=O) groups excluding carboxylic acids is 2. The molecule has 5 rings (SSSR count). The summed E-state index contributed by atoms with van der Waals surface area (Å²) >= 11 is 6.43. The van der Waals surface area contributed by atoms with Crippen LogP contribution in [0.3, 0.4) is 0 Å². The summed E-state index contributed by atoms with van der Waals surface area (Å²) in [5, 5.41) is 13.0. The molecule has 232 valence electrons. The molecule has 1 aliphatic heterocycles. The molecule has 44 heavy (non-hydrogen) atoms. The van der Waals surface area contributed by atoms with E-state index in [0.717, 1.165) is 47.4 Å². The van der Waals surface area contributed by atoms with Crippen LogP contribution in [0.15, 0.2) is 67.0 Å². The van der Waals surface area contributed by atoms with Gasteiger partial charge in [0.1, 0.15) is 11.4 Å². The van der Waals surface area contributed by atoms with Gasteiger partial charge in [0.25, 0.3) is 5.91 Å². The number of carbonyl (C=O) groups is 2. The second kappa shape index (κ2) is 14.2. The van der Waals surface area contributed by atoms with Gasteiger partial charge >= 0.3 is 0 Å². The maximum absolute atomic E-state index is 13.4. The minimum Gasteiger partial charge on any atom is -0.489 e.